The third-order valence-corrected chi connectivity index (χ3v) is 9.29. The number of nitrogens with zero attached hydrogens (tertiary/aromatic N) is 1. The molecule has 0 spiro atoms. The van der Waals surface area contributed by atoms with E-state index in [-0.39, 0.29) is 30.2 Å². The molecule has 248 valence electrons. The number of methoxy groups -OCH3 is 2. The fraction of sp³-hybridized carbons (Fsp3) is 0.594. The summed E-state index contributed by atoms with van der Waals surface area (Å²) in [5.74, 6) is -0.530. The van der Waals surface area contributed by atoms with Gasteiger partial charge in [-0.2, -0.15) is 0 Å². The summed E-state index contributed by atoms with van der Waals surface area (Å²) in [6, 6.07) is 2.98. The van der Waals surface area contributed by atoms with Crippen LogP contribution in [0.15, 0.2) is 35.9 Å². The van der Waals surface area contributed by atoms with Gasteiger partial charge in [-0.1, -0.05) is 35.4 Å². The normalized spacial score (nSPS) is 34.8. The molecule has 13 heteroatoms. The Balaban J connectivity index is 1.80. The zero-order valence-electron chi connectivity index (χ0n) is 27.1. The SMILES string of the molecule is CN[C@@H](C)C(=O)OC1CC(=O)N(C)c2cc(cc(OC)c2Cl)C/C(C)=C/C=C/C(OC)C2(O)CC(OC(=O)N2)C2(C)CC1(C)O2. The van der Waals surface area contributed by atoms with Crippen molar-refractivity contribution in [2.75, 3.05) is 33.2 Å². The molecule has 0 radical (unpaired) electrons. The van der Waals surface area contributed by atoms with E-state index < -0.39 is 53.3 Å². The second-order valence-corrected chi connectivity index (χ2v) is 12.9. The summed E-state index contributed by atoms with van der Waals surface area (Å²) >= 11 is 6.69. The number of hydrogen-bond acceptors (Lipinski definition) is 10. The Hall–Kier alpha value is -3.16. The molecule has 0 aromatic heterocycles. The van der Waals surface area contributed by atoms with E-state index in [1.807, 2.05) is 19.1 Å². The molecule has 2 fully saturated rings. The maximum absolute atomic E-state index is 13.8. The summed E-state index contributed by atoms with van der Waals surface area (Å²) < 4.78 is 29.1. The summed E-state index contributed by atoms with van der Waals surface area (Å²) in [4.78, 5) is 41.0. The minimum Gasteiger partial charge on any atom is -0.495 e. The number of alkyl carbamates (subject to hydrolysis) is 1. The highest BCUT2D eigenvalue weighted by molar-refractivity contribution is 6.35. The van der Waals surface area contributed by atoms with E-state index in [1.165, 1.54) is 19.1 Å². The minimum atomic E-state index is -1.81. The van der Waals surface area contributed by atoms with Crippen molar-refractivity contribution in [3.63, 3.8) is 0 Å². The maximum Gasteiger partial charge on any atom is 0.409 e. The van der Waals surface area contributed by atoms with Gasteiger partial charge in [-0.25, -0.2) is 4.79 Å². The monoisotopic (exact) mass is 649 g/mol. The molecule has 4 aliphatic heterocycles. The van der Waals surface area contributed by atoms with Crippen molar-refractivity contribution in [3.05, 3.63) is 46.5 Å². The van der Waals surface area contributed by atoms with Gasteiger partial charge < -0.3 is 39.0 Å². The average molecular weight is 650 g/mol. The number of halogens is 1. The van der Waals surface area contributed by atoms with Crippen LogP contribution in [0.2, 0.25) is 5.02 Å². The van der Waals surface area contributed by atoms with E-state index in [4.69, 9.17) is 35.3 Å². The molecule has 2 saturated heterocycles. The second-order valence-electron chi connectivity index (χ2n) is 12.5. The van der Waals surface area contributed by atoms with Crippen molar-refractivity contribution in [2.24, 2.45) is 0 Å². The number of amides is 2. The van der Waals surface area contributed by atoms with Crippen LogP contribution in [0.1, 0.15) is 52.5 Å². The van der Waals surface area contributed by atoms with Crippen molar-refractivity contribution in [1.82, 2.24) is 10.6 Å². The number of allylic oxidation sites excluding steroid dienone is 3. The van der Waals surface area contributed by atoms with E-state index in [1.54, 1.807) is 53.1 Å². The predicted octanol–water partition coefficient (Wildman–Crippen LogP) is 3.42. The van der Waals surface area contributed by atoms with Gasteiger partial charge in [-0.05, 0) is 58.9 Å². The van der Waals surface area contributed by atoms with Crippen LogP contribution in [0.4, 0.5) is 10.5 Å². The van der Waals surface area contributed by atoms with Gasteiger partial charge in [0.25, 0.3) is 0 Å². The van der Waals surface area contributed by atoms with E-state index in [0.717, 1.165) is 11.1 Å². The number of carbonyl (C=O) groups excluding carboxylic acids is 3. The van der Waals surface area contributed by atoms with Gasteiger partial charge in [0.05, 0.1) is 19.2 Å². The lowest BCUT2D eigenvalue weighted by molar-refractivity contribution is -0.328. The van der Waals surface area contributed by atoms with Gasteiger partial charge in [-0.3, -0.25) is 14.9 Å². The molecule has 6 unspecified atom stereocenters. The van der Waals surface area contributed by atoms with Gasteiger partial charge in [0.2, 0.25) is 5.91 Å². The number of ether oxygens (including phenoxy) is 5. The lowest BCUT2D eigenvalue weighted by Gasteiger charge is -2.59. The first-order chi connectivity index (χ1) is 21.1. The molecule has 0 saturated carbocycles. The number of likely N-dealkylation sites (N-methyl/N-ethyl adjacent to an activating group) is 1. The van der Waals surface area contributed by atoms with Crippen LogP contribution in [-0.4, -0.2) is 92.7 Å². The van der Waals surface area contributed by atoms with E-state index in [2.05, 4.69) is 10.6 Å². The highest BCUT2D eigenvalue weighted by atomic mass is 35.5. The highest BCUT2D eigenvalue weighted by Gasteiger charge is 2.63. The first-order valence-corrected chi connectivity index (χ1v) is 15.2. The molecule has 6 bridgehead atoms. The molecule has 1 aromatic rings. The summed E-state index contributed by atoms with van der Waals surface area (Å²) in [5.41, 5.74) is -1.78. The van der Waals surface area contributed by atoms with Gasteiger partial charge in [0.15, 0.2) is 5.72 Å². The Labute approximate surface area is 269 Å². The molecule has 3 N–H and O–H groups in total. The highest BCUT2D eigenvalue weighted by Crippen LogP contribution is 2.50. The van der Waals surface area contributed by atoms with Crippen LogP contribution in [0.3, 0.4) is 0 Å². The van der Waals surface area contributed by atoms with Gasteiger partial charge >= 0.3 is 12.1 Å². The van der Waals surface area contributed by atoms with Crippen molar-refractivity contribution in [1.29, 1.82) is 0 Å². The average Bonchev–Trinajstić information content (AvgIpc) is 2.96. The Morgan fingerprint density at radius 3 is 2.56 bits per heavy atom. The Morgan fingerprint density at radius 2 is 1.93 bits per heavy atom. The van der Waals surface area contributed by atoms with Gasteiger partial charge in [-0.15, -0.1) is 0 Å². The minimum absolute atomic E-state index is 0.0517. The topological polar surface area (TPSA) is 145 Å². The molecular weight excluding hydrogens is 606 g/mol. The lowest BCUT2D eigenvalue weighted by atomic mass is 9.72. The standard InChI is InChI=1S/C32H44ClN3O9/c1-18-10-9-11-23(42-8)32(40)16-25(44-29(39)35-32)31(4)17-30(3,45-31)24(43-28(38)19(2)34-5)15-26(37)36(6)21-13-20(12-18)14-22(41-7)27(21)33/h9-11,13-14,19,23-25,34,40H,12,15-17H2,1-8H3,(H,35,39)/b11-9+,18-10+/t19-,23?,24?,25?,30?,31?,32?/m0/s1. The molecule has 5 rings (SSSR count). The third kappa shape index (κ3) is 7.15. The van der Waals surface area contributed by atoms with Crippen LogP contribution in [-0.2, 0) is 35.0 Å². The number of anilines is 1. The lowest BCUT2D eigenvalue weighted by Crippen LogP contribution is -2.72. The number of nitrogens with one attached hydrogen (secondary N) is 2. The molecule has 0 aliphatic carbocycles. The predicted molar refractivity (Wildman–Crippen MR) is 167 cm³/mol. The molecule has 4 aliphatic rings. The molecule has 45 heavy (non-hydrogen) atoms. The number of fused-ring (bicyclic) bond motifs is 6. The first kappa shape index (κ1) is 34.7. The molecule has 1 aromatic carbocycles. The van der Waals surface area contributed by atoms with E-state index in [0.29, 0.717) is 17.9 Å². The van der Waals surface area contributed by atoms with E-state index >= 15 is 0 Å². The zero-order chi connectivity index (χ0) is 33.3. The zero-order valence-corrected chi connectivity index (χ0v) is 27.8. The maximum atomic E-state index is 13.8. The molecule has 7 atom stereocenters. The number of esters is 1. The van der Waals surface area contributed by atoms with Crippen molar-refractivity contribution < 1.29 is 43.2 Å². The van der Waals surface area contributed by atoms with Crippen LogP contribution >= 0.6 is 11.6 Å². The van der Waals surface area contributed by atoms with Gasteiger partial charge in [0, 0.05) is 27.0 Å². The fourth-order valence-corrected chi connectivity index (χ4v) is 6.57. The molecule has 4 heterocycles. The summed E-state index contributed by atoms with van der Waals surface area (Å²) in [6.07, 6.45) is 2.11. The smallest absolute Gasteiger partial charge is 0.409 e. The molecule has 12 nitrogen and oxygen atoms in total. The van der Waals surface area contributed by atoms with Crippen molar-refractivity contribution in [3.8, 4) is 5.75 Å². The number of aliphatic hydroxyl groups is 1. The number of carbonyl (C=O) groups is 3. The fourth-order valence-electron chi connectivity index (χ4n) is 6.26. The van der Waals surface area contributed by atoms with Crippen LogP contribution < -0.4 is 20.3 Å². The summed E-state index contributed by atoms with van der Waals surface area (Å²) in [7, 11) is 6.17. The van der Waals surface area contributed by atoms with Crippen molar-refractivity contribution in [2.45, 2.75) is 94.7 Å². The first-order valence-electron chi connectivity index (χ1n) is 14.9. The number of rotatable bonds is 5. The summed E-state index contributed by atoms with van der Waals surface area (Å²) in [6.45, 7) is 7.08. The number of benzene rings is 1. The van der Waals surface area contributed by atoms with Crippen LogP contribution in [0.25, 0.3) is 0 Å². The third-order valence-electron chi connectivity index (χ3n) is 8.91. The van der Waals surface area contributed by atoms with Crippen LogP contribution in [0.5, 0.6) is 5.75 Å². The number of hydrogen-bond donors (Lipinski definition) is 3. The Morgan fingerprint density at radius 1 is 1.24 bits per heavy atom. The van der Waals surface area contributed by atoms with Crippen molar-refractivity contribution >= 4 is 35.3 Å². The second kappa shape index (κ2) is 13.3. The Kier molecular flexibility index (Phi) is 10.3. The largest absolute Gasteiger partial charge is 0.495 e. The molecular formula is C32H44ClN3O9. The van der Waals surface area contributed by atoms with Crippen LogP contribution in [0, 0.1) is 0 Å². The summed E-state index contributed by atoms with van der Waals surface area (Å²) in [5, 5.41) is 17.2. The quantitative estimate of drug-likeness (QED) is 0.406. The van der Waals surface area contributed by atoms with Gasteiger partial charge in [0.1, 0.15) is 46.3 Å². The molecule has 2 amide bonds. The van der Waals surface area contributed by atoms with E-state index in [9.17, 15) is 19.5 Å². The Bertz CT molecular complexity index is 1380.